The fraction of sp³-hybridized carbons (Fsp3) is 0.690. The Morgan fingerprint density at radius 2 is 1.74 bits per heavy atom. The minimum absolute atomic E-state index is 0.542. The highest BCUT2D eigenvalue weighted by atomic mass is 32.2. The van der Waals surface area contributed by atoms with Crippen LogP contribution in [-0.2, 0) is 6.42 Å². The number of thioether (sulfide) groups is 1. The van der Waals surface area contributed by atoms with Gasteiger partial charge in [-0.2, -0.15) is 0 Å². The number of benzene rings is 1. The minimum Gasteiger partial charge on any atom is -0.261 e. The van der Waals surface area contributed by atoms with E-state index in [4.69, 9.17) is 4.99 Å². The van der Waals surface area contributed by atoms with Crippen molar-refractivity contribution in [3.8, 4) is 0 Å². The fourth-order valence-corrected chi connectivity index (χ4v) is 5.20. The van der Waals surface area contributed by atoms with Gasteiger partial charge in [-0.1, -0.05) is 72.9 Å². The first-order valence-electron chi connectivity index (χ1n) is 12.8. The normalized spacial score (nSPS) is 16.6. The van der Waals surface area contributed by atoms with Gasteiger partial charge in [-0.25, -0.2) is 0 Å². The fourth-order valence-electron chi connectivity index (χ4n) is 3.94. The highest BCUT2D eigenvalue weighted by Gasteiger charge is 2.17. The Morgan fingerprint density at radius 3 is 2.35 bits per heavy atom. The molecule has 1 aliphatic carbocycles. The van der Waals surface area contributed by atoms with Gasteiger partial charge in [-0.05, 0) is 97.1 Å². The summed E-state index contributed by atoms with van der Waals surface area (Å²) in [5.74, 6) is 3.24. The number of hydrogen-bond acceptors (Lipinski definition) is 2. The maximum Gasteiger partial charge on any atom is 0.0657 e. The van der Waals surface area contributed by atoms with Gasteiger partial charge in [0.05, 0.1) is 5.69 Å². The monoisotopic (exact) mass is 443 g/mol. The molecule has 1 saturated carbocycles. The summed E-state index contributed by atoms with van der Waals surface area (Å²) in [7, 11) is 0. The standard InChI is InChI=1S/C26H41NS.C3H8/c1-7-19(2)18-27-26-17-21(4)25(16-22(26)5)15-20(3)13-14-28-23(6)24-11-9-8-10-12-24;1-3-2/h16-20,24H,6-15H2,1-5H3;3H2,1-2H3. The van der Waals surface area contributed by atoms with Gasteiger partial charge in [0, 0.05) is 6.21 Å². The molecule has 0 bridgehead atoms. The third-order valence-corrected chi connectivity index (χ3v) is 7.44. The summed E-state index contributed by atoms with van der Waals surface area (Å²) >= 11 is 2.03. The molecule has 31 heavy (non-hydrogen) atoms. The zero-order chi connectivity index (χ0) is 23.2. The minimum atomic E-state index is 0.542. The lowest BCUT2D eigenvalue weighted by Gasteiger charge is -2.23. The maximum atomic E-state index is 4.73. The van der Waals surface area contributed by atoms with Crippen molar-refractivity contribution >= 4 is 23.7 Å². The topological polar surface area (TPSA) is 12.4 Å². The molecule has 0 heterocycles. The molecule has 0 N–H and O–H groups in total. The molecule has 2 heteroatoms. The van der Waals surface area contributed by atoms with Crippen molar-refractivity contribution in [2.75, 3.05) is 5.75 Å². The van der Waals surface area contributed by atoms with Crippen molar-refractivity contribution in [3.05, 3.63) is 40.3 Å². The molecular formula is C29H49NS. The van der Waals surface area contributed by atoms with Crippen LogP contribution in [0.5, 0.6) is 0 Å². The van der Waals surface area contributed by atoms with Crippen molar-refractivity contribution < 1.29 is 0 Å². The van der Waals surface area contributed by atoms with Crippen LogP contribution in [0.15, 0.2) is 28.6 Å². The van der Waals surface area contributed by atoms with E-state index in [9.17, 15) is 0 Å². The van der Waals surface area contributed by atoms with Crippen LogP contribution in [-0.4, -0.2) is 12.0 Å². The molecule has 1 aromatic carbocycles. The average molecular weight is 444 g/mol. The van der Waals surface area contributed by atoms with Crippen molar-refractivity contribution in [2.45, 2.75) is 106 Å². The van der Waals surface area contributed by atoms with Gasteiger partial charge in [0.25, 0.3) is 0 Å². The number of nitrogens with zero attached hydrogens (tertiary/aromatic N) is 1. The maximum absolute atomic E-state index is 4.73. The molecule has 0 aliphatic heterocycles. The van der Waals surface area contributed by atoms with E-state index in [2.05, 4.69) is 73.4 Å². The van der Waals surface area contributed by atoms with Gasteiger partial charge in [0.2, 0.25) is 0 Å². The molecule has 0 radical (unpaired) electrons. The Morgan fingerprint density at radius 1 is 1.10 bits per heavy atom. The second-order valence-corrected chi connectivity index (χ2v) is 10.9. The second-order valence-electron chi connectivity index (χ2n) is 9.68. The highest BCUT2D eigenvalue weighted by molar-refractivity contribution is 8.03. The molecule has 2 unspecified atom stereocenters. The molecular weight excluding hydrogens is 394 g/mol. The molecule has 1 aliphatic rings. The van der Waals surface area contributed by atoms with Crippen molar-refractivity contribution in [1.82, 2.24) is 0 Å². The Hall–Kier alpha value is -1.02. The van der Waals surface area contributed by atoms with E-state index in [1.807, 2.05) is 11.8 Å². The zero-order valence-corrected chi connectivity index (χ0v) is 22.4. The van der Waals surface area contributed by atoms with Crippen LogP contribution < -0.4 is 0 Å². The molecule has 0 amide bonds. The number of aryl methyl sites for hydroxylation is 2. The molecule has 0 spiro atoms. The smallest absolute Gasteiger partial charge is 0.0657 e. The van der Waals surface area contributed by atoms with Gasteiger partial charge in [-0.3, -0.25) is 4.99 Å². The lowest BCUT2D eigenvalue weighted by molar-refractivity contribution is 0.415. The van der Waals surface area contributed by atoms with E-state index in [1.165, 1.54) is 78.7 Å². The molecule has 1 fully saturated rings. The molecule has 1 nitrogen and oxygen atoms in total. The van der Waals surface area contributed by atoms with E-state index < -0.39 is 0 Å². The van der Waals surface area contributed by atoms with Gasteiger partial charge < -0.3 is 0 Å². The van der Waals surface area contributed by atoms with E-state index >= 15 is 0 Å². The van der Waals surface area contributed by atoms with Crippen LogP contribution in [0.4, 0.5) is 5.69 Å². The van der Waals surface area contributed by atoms with E-state index in [0.29, 0.717) is 11.8 Å². The first kappa shape index (κ1) is 28.0. The van der Waals surface area contributed by atoms with Gasteiger partial charge >= 0.3 is 0 Å². The number of rotatable bonds is 10. The van der Waals surface area contributed by atoms with Crippen LogP contribution in [0, 0.1) is 31.6 Å². The summed E-state index contributed by atoms with van der Waals surface area (Å²) in [5.41, 5.74) is 5.30. The van der Waals surface area contributed by atoms with Crippen LogP contribution in [0.1, 0.15) is 103 Å². The summed E-state index contributed by atoms with van der Waals surface area (Å²) in [5, 5.41) is 0. The third kappa shape index (κ3) is 10.9. The zero-order valence-electron chi connectivity index (χ0n) is 21.6. The van der Waals surface area contributed by atoms with Crippen LogP contribution in [0.3, 0.4) is 0 Å². The quantitative estimate of drug-likeness (QED) is 0.328. The Balaban J connectivity index is 0.00000151. The number of allylic oxidation sites excluding steroid dienone is 1. The largest absolute Gasteiger partial charge is 0.261 e. The summed E-state index contributed by atoms with van der Waals surface area (Å²) in [6.45, 7) is 19.9. The summed E-state index contributed by atoms with van der Waals surface area (Å²) in [6.07, 6.45) is 13.9. The average Bonchev–Trinajstić information content (AvgIpc) is 2.75. The lowest BCUT2D eigenvalue weighted by atomic mass is 9.89. The highest BCUT2D eigenvalue weighted by Crippen LogP contribution is 2.35. The number of hydrogen-bond donors (Lipinski definition) is 0. The molecule has 0 saturated heterocycles. The van der Waals surface area contributed by atoms with E-state index in [-0.39, 0.29) is 0 Å². The van der Waals surface area contributed by atoms with Crippen LogP contribution in [0.2, 0.25) is 0 Å². The first-order valence-corrected chi connectivity index (χ1v) is 13.8. The third-order valence-electron chi connectivity index (χ3n) is 6.29. The van der Waals surface area contributed by atoms with Crippen molar-refractivity contribution in [3.63, 3.8) is 0 Å². The van der Waals surface area contributed by atoms with Gasteiger partial charge in [0.1, 0.15) is 0 Å². The first-order chi connectivity index (χ1) is 14.8. The summed E-state index contributed by atoms with van der Waals surface area (Å²) in [6, 6.07) is 4.64. The van der Waals surface area contributed by atoms with Gasteiger partial charge in [0.15, 0.2) is 0 Å². The molecule has 2 atom stereocenters. The Labute approximate surface area is 198 Å². The summed E-state index contributed by atoms with van der Waals surface area (Å²) < 4.78 is 0. The van der Waals surface area contributed by atoms with Crippen LogP contribution >= 0.6 is 11.8 Å². The summed E-state index contributed by atoms with van der Waals surface area (Å²) in [4.78, 5) is 6.18. The Bertz CT molecular complexity index is 670. The number of aliphatic imine (C=N–C) groups is 1. The molecule has 176 valence electrons. The lowest BCUT2D eigenvalue weighted by Crippen LogP contribution is -2.08. The molecule has 0 aromatic heterocycles. The van der Waals surface area contributed by atoms with Crippen LogP contribution in [0.25, 0.3) is 0 Å². The second kappa shape index (κ2) is 15.7. The van der Waals surface area contributed by atoms with E-state index in [0.717, 1.165) is 18.0 Å². The molecule has 2 rings (SSSR count). The predicted molar refractivity (Wildman–Crippen MR) is 145 cm³/mol. The SMILES string of the molecule is C=C(SCCC(C)Cc1cc(C)c(N=CC(C)CC)cc1C)C1CCCCC1.CCC. The van der Waals surface area contributed by atoms with Gasteiger partial charge in [-0.15, -0.1) is 11.8 Å². The van der Waals surface area contributed by atoms with Crippen molar-refractivity contribution in [1.29, 1.82) is 0 Å². The molecule has 1 aromatic rings. The Kier molecular flexibility index (Phi) is 14.2. The predicted octanol–water partition coefficient (Wildman–Crippen LogP) is 9.86. The van der Waals surface area contributed by atoms with E-state index in [1.54, 1.807) is 0 Å². The van der Waals surface area contributed by atoms with Crippen molar-refractivity contribution in [2.24, 2.45) is 22.7 Å².